The van der Waals surface area contributed by atoms with Gasteiger partial charge in [-0.1, -0.05) is 53.6 Å². The molecule has 3 rings (SSSR count). The summed E-state index contributed by atoms with van der Waals surface area (Å²) in [5.41, 5.74) is 4.14. The van der Waals surface area contributed by atoms with Crippen LogP contribution in [0.25, 0.3) is 0 Å². The maximum Gasteiger partial charge on any atom is 0.225 e. The average molecular weight is 339 g/mol. The first-order valence-corrected chi connectivity index (χ1v) is 8.14. The van der Waals surface area contributed by atoms with E-state index in [1.165, 1.54) is 11.1 Å². The molecule has 0 aliphatic rings. The zero-order valence-electron chi connectivity index (χ0n) is 13.7. The fourth-order valence-electron chi connectivity index (χ4n) is 2.30. The molecule has 0 radical (unpaired) electrons. The van der Waals surface area contributed by atoms with E-state index in [9.17, 15) is 0 Å². The van der Waals surface area contributed by atoms with Gasteiger partial charge in [-0.2, -0.15) is 4.98 Å². The molecule has 1 heterocycles. The van der Waals surface area contributed by atoms with Gasteiger partial charge in [0.05, 0.1) is 10.7 Å². The second kappa shape index (κ2) is 7.32. The smallest absolute Gasteiger partial charge is 0.225 e. The van der Waals surface area contributed by atoms with Crippen LogP contribution in [-0.2, 0) is 6.54 Å². The van der Waals surface area contributed by atoms with Crippen molar-refractivity contribution in [3.05, 3.63) is 76.4 Å². The normalized spacial score (nSPS) is 10.5. The van der Waals surface area contributed by atoms with Crippen molar-refractivity contribution in [3.63, 3.8) is 0 Å². The Labute approximate surface area is 146 Å². The quantitative estimate of drug-likeness (QED) is 0.679. The maximum atomic E-state index is 6.19. The number of anilines is 3. The zero-order valence-corrected chi connectivity index (χ0v) is 14.4. The molecular weight excluding hydrogens is 320 g/mol. The third-order valence-electron chi connectivity index (χ3n) is 3.56. The van der Waals surface area contributed by atoms with Crippen LogP contribution in [0, 0.1) is 13.8 Å². The monoisotopic (exact) mass is 338 g/mol. The highest BCUT2D eigenvalue weighted by Gasteiger charge is 2.05. The van der Waals surface area contributed by atoms with Gasteiger partial charge in [0.15, 0.2) is 0 Å². The molecule has 3 aromatic rings. The summed E-state index contributed by atoms with van der Waals surface area (Å²) in [6, 6.07) is 17.9. The van der Waals surface area contributed by atoms with Crippen molar-refractivity contribution in [2.24, 2.45) is 0 Å². The Morgan fingerprint density at radius 2 is 1.71 bits per heavy atom. The summed E-state index contributed by atoms with van der Waals surface area (Å²) < 4.78 is 0. The first kappa shape index (κ1) is 16.3. The van der Waals surface area contributed by atoms with Gasteiger partial charge in [-0.3, -0.25) is 0 Å². The van der Waals surface area contributed by atoms with Crippen LogP contribution in [0.1, 0.15) is 16.8 Å². The van der Waals surface area contributed by atoms with E-state index in [2.05, 4.69) is 51.8 Å². The molecule has 0 aliphatic carbocycles. The Hall–Kier alpha value is -2.59. The van der Waals surface area contributed by atoms with Crippen molar-refractivity contribution in [1.29, 1.82) is 0 Å². The van der Waals surface area contributed by atoms with Crippen LogP contribution in [0.4, 0.5) is 17.5 Å². The molecule has 2 N–H and O–H groups in total. The van der Waals surface area contributed by atoms with Gasteiger partial charge < -0.3 is 10.6 Å². The lowest BCUT2D eigenvalue weighted by Gasteiger charge is -2.11. The molecule has 24 heavy (non-hydrogen) atoms. The number of nitrogens with zero attached hydrogens (tertiary/aromatic N) is 2. The highest BCUT2D eigenvalue weighted by molar-refractivity contribution is 6.33. The first-order valence-electron chi connectivity index (χ1n) is 7.77. The van der Waals surface area contributed by atoms with Crippen LogP contribution in [0.3, 0.4) is 0 Å². The Morgan fingerprint density at radius 3 is 2.46 bits per heavy atom. The Balaban J connectivity index is 1.74. The van der Waals surface area contributed by atoms with Crippen LogP contribution in [0.5, 0.6) is 0 Å². The minimum absolute atomic E-state index is 0.588. The summed E-state index contributed by atoms with van der Waals surface area (Å²) in [7, 11) is 0. The van der Waals surface area contributed by atoms with E-state index in [1.54, 1.807) is 0 Å². The molecule has 5 heteroatoms. The molecule has 0 bridgehead atoms. The number of hydrogen-bond donors (Lipinski definition) is 2. The van der Waals surface area contributed by atoms with Gasteiger partial charge in [0, 0.05) is 18.3 Å². The van der Waals surface area contributed by atoms with Crippen LogP contribution in [-0.4, -0.2) is 9.97 Å². The fourth-order valence-corrected chi connectivity index (χ4v) is 2.48. The summed E-state index contributed by atoms with van der Waals surface area (Å²) in [4.78, 5) is 8.95. The molecule has 4 nitrogen and oxygen atoms in total. The number of nitrogens with one attached hydrogen (secondary N) is 2. The van der Waals surface area contributed by atoms with E-state index in [1.807, 2.05) is 37.3 Å². The Bertz CT molecular complexity index is 831. The van der Waals surface area contributed by atoms with E-state index in [0.717, 1.165) is 11.4 Å². The molecule has 2 aromatic carbocycles. The minimum Gasteiger partial charge on any atom is -0.350 e. The summed E-state index contributed by atoms with van der Waals surface area (Å²) in [5.74, 6) is 1.30. The van der Waals surface area contributed by atoms with Crippen molar-refractivity contribution < 1.29 is 0 Å². The average Bonchev–Trinajstić information content (AvgIpc) is 2.56. The van der Waals surface area contributed by atoms with Crippen LogP contribution >= 0.6 is 11.6 Å². The summed E-state index contributed by atoms with van der Waals surface area (Å²) >= 11 is 6.19. The molecular formula is C19H19ClN4. The Morgan fingerprint density at radius 1 is 0.958 bits per heavy atom. The topological polar surface area (TPSA) is 49.8 Å². The highest BCUT2D eigenvalue weighted by Crippen LogP contribution is 2.24. The van der Waals surface area contributed by atoms with Gasteiger partial charge in [-0.15, -0.1) is 0 Å². The number of halogens is 1. The second-order valence-electron chi connectivity index (χ2n) is 5.66. The van der Waals surface area contributed by atoms with Gasteiger partial charge in [-0.25, -0.2) is 4.98 Å². The molecule has 0 fully saturated rings. The SMILES string of the molecule is Cc1ccc(CNc2nc(C)cc(Nc3ccccc3Cl)n2)cc1. The highest BCUT2D eigenvalue weighted by atomic mass is 35.5. The van der Waals surface area contributed by atoms with Gasteiger partial charge in [0.2, 0.25) is 5.95 Å². The lowest BCUT2D eigenvalue weighted by atomic mass is 10.1. The molecule has 0 aliphatic heterocycles. The predicted molar refractivity (Wildman–Crippen MR) is 100 cm³/mol. The van der Waals surface area contributed by atoms with Crippen LogP contribution in [0.2, 0.25) is 5.02 Å². The molecule has 0 saturated carbocycles. The van der Waals surface area contributed by atoms with Gasteiger partial charge >= 0.3 is 0 Å². The van der Waals surface area contributed by atoms with Crippen molar-refractivity contribution in [1.82, 2.24) is 9.97 Å². The molecule has 0 unspecified atom stereocenters. The van der Waals surface area contributed by atoms with Crippen LogP contribution < -0.4 is 10.6 Å². The number of rotatable bonds is 5. The second-order valence-corrected chi connectivity index (χ2v) is 6.07. The van der Waals surface area contributed by atoms with Crippen molar-refractivity contribution in [3.8, 4) is 0 Å². The van der Waals surface area contributed by atoms with Crippen LogP contribution in [0.15, 0.2) is 54.6 Å². The van der Waals surface area contributed by atoms with E-state index < -0.39 is 0 Å². The molecule has 0 amide bonds. The number of hydrogen-bond acceptors (Lipinski definition) is 4. The number of aromatic nitrogens is 2. The summed E-state index contributed by atoms with van der Waals surface area (Å²) in [6.45, 7) is 4.69. The number of para-hydroxylation sites is 1. The first-order chi connectivity index (χ1) is 11.6. The van der Waals surface area contributed by atoms with Gasteiger partial charge in [0.1, 0.15) is 5.82 Å². The maximum absolute atomic E-state index is 6.19. The summed E-state index contributed by atoms with van der Waals surface area (Å²) in [5, 5.41) is 7.16. The molecule has 0 spiro atoms. The van der Waals surface area contributed by atoms with E-state index in [-0.39, 0.29) is 0 Å². The largest absolute Gasteiger partial charge is 0.350 e. The van der Waals surface area contributed by atoms with Crippen molar-refractivity contribution in [2.45, 2.75) is 20.4 Å². The zero-order chi connectivity index (χ0) is 16.9. The summed E-state index contributed by atoms with van der Waals surface area (Å²) in [6.07, 6.45) is 0. The predicted octanol–water partition coefficient (Wildman–Crippen LogP) is 5.10. The van der Waals surface area contributed by atoms with E-state index >= 15 is 0 Å². The fraction of sp³-hybridized carbons (Fsp3) is 0.158. The van der Waals surface area contributed by atoms with E-state index in [0.29, 0.717) is 23.3 Å². The molecule has 0 atom stereocenters. The van der Waals surface area contributed by atoms with Gasteiger partial charge in [0.25, 0.3) is 0 Å². The van der Waals surface area contributed by atoms with Crippen molar-refractivity contribution >= 4 is 29.1 Å². The molecule has 0 saturated heterocycles. The molecule has 1 aromatic heterocycles. The number of aryl methyl sites for hydroxylation is 2. The Kier molecular flexibility index (Phi) is 4.96. The standard InChI is InChI=1S/C19H19ClN4/c1-13-7-9-15(10-8-13)12-21-19-22-14(2)11-18(24-19)23-17-6-4-3-5-16(17)20/h3-11H,12H2,1-2H3,(H2,21,22,23,24). The van der Waals surface area contributed by atoms with Crippen molar-refractivity contribution in [2.75, 3.05) is 10.6 Å². The lowest BCUT2D eigenvalue weighted by molar-refractivity contribution is 1.03. The van der Waals surface area contributed by atoms with E-state index in [4.69, 9.17) is 11.6 Å². The third-order valence-corrected chi connectivity index (χ3v) is 3.89. The third kappa shape index (κ3) is 4.24. The van der Waals surface area contributed by atoms with Gasteiger partial charge in [-0.05, 0) is 31.5 Å². The number of benzene rings is 2. The molecule has 122 valence electrons. The lowest BCUT2D eigenvalue weighted by Crippen LogP contribution is -2.06. The minimum atomic E-state index is 0.588.